The van der Waals surface area contributed by atoms with Crippen LogP contribution in [-0.2, 0) is 19.0 Å². The molecule has 0 aromatic carbocycles. The highest BCUT2D eigenvalue weighted by Crippen LogP contribution is 2.26. The molecule has 172 valence electrons. The van der Waals surface area contributed by atoms with Crippen molar-refractivity contribution in [2.45, 2.75) is 103 Å². The van der Waals surface area contributed by atoms with Gasteiger partial charge in [-0.25, -0.2) is 0 Å². The van der Waals surface area contributed by atoms with Gasteiger partial charge in [-0.15, -0.1) is 6.58 Å². The number of aliphatic hydroxyl groups is 2. The van der Waals surface area contributed by atoms with E-state index in [0.717, 1.165) is 38.5 Å². The summed E-state index contributed by atoms with van der Waals surface area (Å²) in [7, 11) is 0. The molecule has 1 aliphatic heterocycles. The van der Waals surface area contributed by atoms with Gasteiger partial charge in [0.15, 0.2) is 12.4 Å². The Balaban J connectivity index is 2.86. The molecule has 1 heterocycles. The maximum Gasteiger partial charge on any atom is 0.303 e. The summed E-state index contributed by atoms with van der Waals surface area (Å²) < 4.78 is 17.0. The molecule has 0 aliphatic carbocycles. The van der Waals surface area contributed by atoms with E-state index in [-0.39, 0.29) is 6.10 Å². The molecular formula is C25H36O6. The third kappa shape index (κ3) is 10.7. The van der Waals surface area contributed by atoms with Gasteiger partial charge < -0.3 is 24.4 Å². The van der Waals surface area contributed by atoms with Gasteiger partial charge in [-0.3, -0.25) is 4.79 Å². The van der Waals surface area contributed by atoms with Crippen molar-refractivity contribution < 1.29 is 29.2 Å². The maximum absolute atomic E-state index is 11.5. The molecule has 0 spiro atoms. The van der Waals surface area contributed by atoms with Crippen molar-refractivity contribution in [1.82, 2.24) is 0 Å². The molecule has 1 aliphatic rings. The number of hydrogen-bond donors (Lipinski definition) is 2. The molecule has 0 saturated carbocycles. The van der Waals surface area contributed by atoms with Crippen LogP contribution in [-0.4, -0.2) is 53.0 Å². The lowest BCUT2D eigenvalue weighted by Gasteiger charge is -2.41. The second kappa shape index (κ2) is 15.7. The predicted molar refractivity (Wildman–Crippen MR) is 120 cm³/mol. The van der Waals surface area contributed by atoms with Gasteiger partial charge in [0.2, 0.25) is 0 Å². The molecule has 1 rings (SSSR count). The van der Waals surface area contributed by atoms with E-state index in [4.69, 9.17) is 14.2 Å². The van der Waals surface area contributed by atoms with Crippen LogP contribution >= 0.6 is 0 Å². The van der Waals surface area contributed by atoms with Gasteiger partial charge in [0.1, 0.15) is 12.2 Å². The van der Waals surface area contributed by atoms with Crippen molar-refractivity contribution >= 4 is 5.97 Å². The molecule has 6 atom stereocenters. The molecule has 0 bridgehead atoms. The third-order valence-corrected chi connectivity index (χ3v) is 4.78. The smallest absolute Gasteiger partial charge is 0.303 e. The summed E-state index contributed by atoms with van der Waals surface area (Å²) >= 11 is 0. The van der Waals surface area contributed by atoms with E-state index < -0.39 is 36.7 Å². The molecule has 0 amide bonds. The van der Waals surface area contributed by atoms with Crippen molar-refractivity contribution in [3.63, 3.8) is 0 Å². The van der Waals surface area contributed by atoms with Crippen LogP contribution in [0.5, 0.6) is 0 Å². The highest BCUT2D eigenvalue weighted by molar-refractivity contribution is 5.66. The second-order valence-corrected chi connectivity index (χ2v) is 7.55. The van der Waals surface area contributed by atoms with E-state index in [1.165, 1.54) is 6.92 Å². The van der Waals surface area contributed by atoms with Gasteiger partial charge in [-0.05, 0) is 56.6 Å². The fourth-order valence-electron chi connectivity index (χ4n) is 3.09. The predicted octanol–water partition coefficient (Wildman–Crippen LogP) is 3.27. The molecule has 1 fully saturated rings. The zero-order valence-corrected chi connectivity index (χ0v) is 18.9. The standard InChI is InChI=1S/C25H36O6/c1-5-7-9-11-12-14-16-18-21(17-15-13-10-8-6-2)31-25-24(30-20(4)26)23(28)22(27)19(3)29-25/h6,16,18-19,21-25,27-28H,2,5,7-8,10,13,15,17H2,1,3-4H3. The number of carbonyl (C=O) groups excluding carboxylic acids is 1. The Hall–Kier alpha value is -2.09. The van der Waals surface area contributed by atoms with Crippen LogP contribution in [0.4, 0.5) is 0 Å². The lowest BCUT2D eigenvalue weighted by molar-refractivity contribution is -0.303. The average Bonchev–Trinajstić information content (AvgIpc) is 2.73. The summed E-state index contributed by atoms with van der Waals surface area (Å²) in [6, 6.07) is 0. The first kappa shape index (κ1) is 26.9. The Bertz CT molecular complexity index is 692. The number of unbranched alkanes of at least 4 members (excludes halogenated alkanes) is 4. The number of aliphatic hydroxyl groups excluding tert-OH is 2. The SMILES string of the molecule is C=CCCCCCC(C=CC#CC#CCCC)OC1OC(C)C(O)C(O)C1OC(C)=O. The molecule has 6 unspecified atom stereocenters. The van der Waals surface area contributed by atoms with Crippen molar-refractivity contribution in [1.29, 1.82) is 0 Å². The lowest BCUT2D eigenvalue weighted by atomic mass is 9.99. The number of esters is 1. The summed E-state index contributed by atoms with van der Waals surface area (Å²) in [6.45, 7) is 8.67. The first-order valence-corrected chi connectivity index (χ1v) is 11.0. The van der Waals surface area contributed by atoms with Crippen LogP contribution in [0.15, 0.2) is 24.8 Å². The van der Waals surface area contributed by atoms with Crippen LogP contribution in [0.2, 0.25) is 0 Å². The van der Waals surface area contributed by atoms with Crippen LogP contribution in [0.3, 0.4) is 0 Å². The number of rotatable bonds is 11. The quantitative estimate of drug-likeness (QED) is 0.226. The maximum atomic E-state index is 11.5. The van der Waals surface area contributed by atoms with Crippen LogP contribution in [0.25, 0.3) is 0 Å². The van der Waals surface area contributed by atoms with Crippen molar-refractivity contribution in [2.24, 2.45) is 0 Å². The monoisotopic (exact) mass is 432 g/mol. The van der Waals surface area contributed by atoms with E-state index in [1.807, 2.05) is 12.2 Å². The zero-order chi connectivity index (χ0) is 23.1. The van der Waals surface area contributed by atoms with Crippen molar-refractivity contribution in [3.8, 4) is 23.7 Å². The summed E-state index contributed by atoms with van der Waals surface area (Å²) in [5.74, 6) is 10.8. The van der Waals surface area contributed by atoms with Gasteiger partial charge in [0.25, 0.3) is 0 Å². The van der Waals surface area contributed by atoms with Crippen molar-refractivity contribution in [3.05, 3.63) is 24.8 Å². The van der Waals surface area contributed by atoms with Gasteiger partial charge in [-0.2, -0.15) is 0 Å². The Morgan fingerprint density at radius 2 is 2.00 bits per heavy atom. The molecule has 0 radical (unpaired) electrons. The Morgan fingerprint density at radius 1 is 1.23 bits per heavy atom. The topological polar surface area (TPSA) is 85.2 Å². The van der Waals surface area contributed by atoms with Gasteiger partial charge in [0.05, 0.1) is 12.2 Å². The van der Waals surface area contributed by atoms with E-state index in [2.05, 4.69) is 37.2 Å². The van der Waals surface area contributed by atoms with Gasteiger partial charge in [-0.1, -0.05) is 37.7 Å². The van der Waals surface area contributed by atoms with Crippen LogP contribution in [0.1, 0.15) is 65.7 Å². The summed E-state index contributed by atoms with van der Waals surface area (Å²) in [4.78, 5) is 11.5. The minimum atomic E-state index is -1.30. The van der Waals surface area contributed by atoms with Gasteiger partial charge in [0, 0.05) is 13.3 Å². The van der Waals surface area contributed by atoms with E-state index in [9.17, 15) is 15.0 Å². The highest BCUT2D eigenvalue weighted by Gasteiger charge is 2.46. The molecule has 6 heteroatoms. The Morgan fingerprint density at radius 3 is 2.68 bits per heavy atom. The second-order valence-electron chi connectivity index (χ2n) is 7.55. The largest absolute Gasteiger partial charge is 0.454 e. The van der Waals surface area contributed by atoms with E-state index in [0.29, 0.717) is 6.42 Å². The first-order chi connectivity index (χ1) is 14.9. The summed E-state index contributed by atoms with van der Waals surface area (Å²) in [6.07, 6.45) is 6.24. The third-order valence-electron chi connectivity index (χ3n) is 4.78. The first-order valence-electron chi connectivity index (χ1n) is 11.0. The number of hydrogen-bond acceptors (Lipinski definition) is 6. The van der Waals surface area contributed by atoms with Gasteiger partial charge >= 0.3 is 5.97 Å². The summed E-state index contributed by atoms with van der Waals surface area (Å²) in [5.41, 5.74) is 0. The normalized spacial score (nSPS) is 26.3. The van der Waals surface area contributed by atoms with Crippen LogP contribution < -0.4 is 0 Å². The van der Waals surface area contributed by atoms with E-state index >= 15 is 0 Å². The minimum absolute atomic E-state index is 0.362. The molecule has 6 nitrogen and oxygen atoms in total. The minimum Gasteiger partial charge on any atom is -0.454 e. The molecule has 1 saturated heterocycles. The summed E-state index contributed by atoms with van der Waals surface area (Å²) in [5, 5.41) is 20.5. The Labute approximate surface area is 186 Å². The molecule has 0 aromatic rings. The molecule has 2 N–H and O–H groups in total. The highest BCUT2D eigenvalue weighted by atomic mass is 16.7. The molecule has 0 aromatic heterocycles. The fraction of sp³-hybridized carbons (Fsp3) is 0.640. The zero-order valence-electron chi connectivity index (χ0n) is 18.9. The lowest BCUT2D eigenvalue weighted by Crippen LogP contribution is -2.59. The molecular weight excluding hydrogens is 396 g/mol. The van der Waals surface area contributed by atoms with Crippen molar-refractivity contribution in [2.75, 3.05) is 0 Å². The number of allylic oxidation sites excluding steroid dienone is 2. The number of carbonyl (C=O) groups is 1. The molecule has 31 heavy (non-hydrogen) atoms. The fourth-order valence-corrected chi connectivity index (χ4v) is 3.09. The average molecular weight is 433 g/mol. The number of ether oxygens (including phenoxy) is 3. The Kier molecular flexibility index (Phi) is 13.6. The van der Waals surface area contributed by atoms with Crippen LogP contribution in [0, 0.1) is 23.7 Å². The van der Waals surface area contributed by atoms with E-state index in [1.54, 1.807) is 13.0 Å².